The molecule has 8 aliphatic rings. The topological polar surface area (TPSA) is 48.5 Å². The molecular formula is C53H49N5. The summed E-state index contributed by atoms with van der Waals surface area (Å²) in [5.74, 6) is 8.20. The summed E-state index contributed by atoms with van der Waals surface area (Å²) in [5, 5.41) is 5.10. The summed E-state index contributed by atoms with van der Waals surface area (Å²) in [7, 11) is 0. The van der Waals surface area contributed by atoms with E-state index in [1.54, 1.807) is 0 Å². The van der Waals surface area contributed by atoms with Crippen LogP contribution in [0.15, 0.2) is 115 Å². The van der Waals surface area contributed by atoms with Crippen LogP contribution in [-0.2, 0) is 10.8 Å². The smallest absolute Gasteiger partial charge is 0.165 e. The van der Waals surface area contributed by atoms with Crippen LogP contribution in [0, 0.1) is 35.5 Å². The van der Waals surface area contributed by atoms with Gasteiger partial charge in [-0.15, -0.1) is 0 Å². The van der Waals surface area contributed by atoms with Gasteiger partial charge in [0.1, 0.15) is 11.6 Å². The molecule has 8 aromatic rings. The first-order chi connectivity index (χ1) is 28.6. The minimum atomic E-state index is 0.0989. The summed E-state index contributed by atoms with van der Waals surface area (Å²) in [4.78, 5) is 17.3. The maximum atomic E-state index is 5.79. The van der Waals surface area contributed by atoms with Gasteiger partial charge in [-0.25, -0.2) is 15.0 Å². The molecule has 8 fully saturated rings. The fourth-order valence-electron chi connectivity index (χ4n) is 15.1. The first-order valence-electron chi connectivity index (χ1n) is 22.5. The van der Waals surface area contributed by atoms with Crippen molar-refractivity contribution in [3.05, 3.63) is 127 Å². The van der Waals surface area contributed by atoms with E-state index < -0.39 is 0 Å². The fraction of sp³-hybridized carbons (Fsp3) is 0.377. The number of hydrogen-bond acceptors (Lipinski definition) is 3. The minimum absolute atomic E-state index is 0.0989. The van der Waals surface area contributed by atoms with Gasteiger partial charge in [-0.05, 0) is 161 Å². The van der Waals surface area contributed by atoms with Crippen molar-refractivity contribution in [2.75, 3.05) is 0 Å². The first kappa shape index (κ1) is 32.6. The van der Waals surface area contributed by atoms with Gasteiger partial charge in [0.25, 0.3) is 0 Å². The van der Waals surface area contributed by atoms with E-state index in [-0.39, 0.29) is 10.8 Å². The summed E-state index contributed by atoms with van der Waals surface area (Å²) in [6.07, 6.45) is 16.1. The average Bonchev–Trinajstić information content (AvgIpc) is 3.74. The molecule has 0 atom stereocenters. The minimum Gasteiger partial charge on any atom is -0.309 e. The lowest BCUT2D eigenvalue weighted by molar-refractivity contribution is -0.0155. The van der Waals surface area contributed by atoms with Crippen LogP contribution in [0.1, 0.15) is 88.7 Å². The number of rotatable bonds is 5. The Balaban J connectivity index is 1.02. The molecule has 3 aromatic heterocycles. The van der Waals surface area contributed by atoms with Crippen molar-refractivity contribution >= 4 is 43.6 Å². The molecule has 5 nitrogen and oxygen atoms in total. The lowest BCUT2D eigenvalue weighted by Crippen LogP contribution is -2.51. The SMILES string of the molecule is c1ccc(-n2c3ccccc3c3cc4c5ccccc5n(-c5ccccc5-c5nc(C67CC8CC(CC(C8)C6)C7)nc(C67CC8CC(CC(C8)C6)C7)n5)c4cc32)cc1. The van der Waals surface area contributed by atoms with Gasteiger partial charge in [0.05, 0.1) is 27.8 Å². The Bertz CT molecular complexity index is 2850. The Labute approximate surface area is 339 Å². The zero-order valence-electron chi connectivity index (χ0n) is 33.2. The summed E-state index contributed by atoms with van der Waals surface area (Å²) >= 11 is 0. The first-order valence-corrected chi connectivity index (χ1v) is 22.5. The van der Waals surface area contributed by atoms with E-state index in [1.165, 1.54) is 126 Å². The van der Waals surface area contributed by atoms with Crippen molar-refractivity contribution in [2.24, 2.45) is 35.5 Å². The van der Waals surface area contributed by atoms with Gasteiger partial charge < -0.3 is 9.13 Å². The molecule has 0 unspecified atom stereocenters. The predicted octanol–water partition coefficient (Wildman–Crippen LogP) is 12.7. The molecular weight excluding hydrogens is 707 g/mol. The molecule has 58 heavy (non-hydrogen) atoms. The summed E-state index contributed by atoms with van der Waals surface area (Å²) in [5.41, 5.74) is 8.51. The molecule has 5 heteroatoms. The number of nitrogens with zero attached hydrogens (tertiary/aromatic N) is 5. The average molecular weight is 756 g/mol. The van der Waals surface area contributed by atoms with Gasteiger partial charge >= 0.3 is 0 Å². The second-order valence-corrected chi connectivity index (χ2v) is 20.1. The normalized spacial score (nSPS) is 30.8. The second-order valence-electron chi connectivity index (χ2n) is 20.1. The summed E-state index contributed by atoms with van der Waals surface area (Å²) < 4.78 is 4.96. The number of para-hydroxylation sites is 4. The zero-order valence-corrected chi connectivity index (χ0v) is 33.2. The molecule has 0 amide bonds. The van der Waals surface area contributed by atoms with Gasteiger partial charge in [0, 0.05) is 43.6 Å². The number of aromatic nitrogens is 5. The maximum Gasteiger partial charge on any atom is 0.165 e. The van der Waals surface area contributed by atoms with Crippen LogP contribution >= 0.6 is 0 Å². The van der Waals surface area contributed by atoms with Crippen molar-refractivity contribution in [1.29, 1.82) is 0 Å². The van der Waals surface area contributed by atoms with E-state index in [0.29, 0.717) is 0 Å². The summed E-state index contributed by atoms with van der Waals surface area (Å²) in [6, 6.07) is 42.6. The van der Waals surface area contributed by atoms with Crippen LogP contribution in [-0.4, -0.2) is 24.1 Å². The Morgan fingerprint density at radius 1 is 0.397 bits per heavy atom. The van der Waals surface area contributed by atoms with Crippen molar-refractivity contribution in [3.8, 4) is 22.8 Å². The van der Waals surface area contributed by atoms with Gasteiger partial charge in [-0.2, -0.15) is 0 Å². The van der Waals surface area contributed by atoms with Crippen LogP contribution in [0.3, 0.4) is 0 Å². The van der Waals surface area contributed by atoms with E-state index in [9.17, 15) is 0 Å². The predicted molar refractivity (Wildman–Crippen MR) is 234 cm³/mol. The molecule has 3 heterocycles. The molecule has 0 spiro atoms. The van der Waals surface area contributed by atoms with Gasteiger partial charge in [-0.3, -0.25) is 0 Å². The monoisotopic (exact) mass is 755 g/mol. The van der Waals surface area contributed by atoms with Gasteiger partial charge in [-0.1, -0.05) is 66.7 Å². The Kier molecular flexibility index (Phi) is 6.57. The van der Waals surface area contributed by atoms with Crippen LogP contribution in [0.5, 0.6) is 0 Å². The Morgan fingerprint density at radius 3 is 1.40 bits per heavy atom. The van der Waals surface area contributed by atoms with Crippen molar-refractivity contribution in [2.45, 2.75) is 87.9 Å². The molecule has 8 saturated carbocycles. The van der Waals surface area contributed by atoms with Crippen molar-refractivity contribution in [1.82, 2.24) is 24.1 Å². The highest BCUT2D eigenvalue weighted by Gasteiger charge is 2.56. The van der Waals surface area contributed by atoms with E-state index >= 15 is 0 Å². The number of fused-ring (bicyclic) bond motifs is 6. The van der Waals surface area contributed by atoms with E-state index in [0.717, 1.165) is 64.2 Å². The number of benzene rings is 5. The van der Waals surface area contributed by atoms with Crippen LogP contribution < -0.4 is 0 Å². The van der Waals surface area contributed by atoms with Crippen LogP contribution in [0.2, 0.25) is 0 Å². The largest absolute Gasteiger partial charge is 0.309 e. The van der Waals surface area contributed by atoms with E-state index in [1.807, 2.05) is 0 Å². The highest BCUT2D eigenvalue weighted by Crippen LogP contribution is 2.62. The third-order valence-corrected chi connectivity index (χ3v) is 16.5. The molecule has 0 radical (unpaired) electrons. The third-order valence-electron chi connectivity index (χ3n) is 16.5. The third kappa shape index (κ3) is 4.56. The zero-order chi connectivity index (χ0) is 37.7. The highest BCUT2D eigenvalue weighted by molar-refractivity contribution is 6.19. The quantitative estimate of drug-likeness (QED) is 0.176. The molecule has 8 aliphatic carbocycles. The second kappa shape index (κ2) is 11.7. The van der Waals surface area contributed by atoms with Crippen LogP contribution in [0.25, 0.3) is 66.4 Å². The Hall–Kier alpha value is -5.29. The maximum absolute atomic E-state index is 5.79. The molecule has 0 saturated heterocycles. The highest BCUT2D eigenvalue weighted by atomic mass is 15.1. The molecule has 286 valence electrons. The lowest BCUT2D eigenvalue weighted by Gasteiger charge is -2.57. The van der Waals surface area contributed by atoms with Gasteiger partial charge in [0.2, 0.25) is 0 Å². The standard InChI is InChI=1S/C53H49N5/c1-2-10-38(11-3-1)57-44-15-7-4-12-39(44)42-24-43-40-13-5-8-16-45(40)58(48(43)25-47(42)57)46-17-9-6-14-41(46)49-54-50(52-26-32-18-33(27-52)20-34(19-32)28-52)56-51(55-49)53-29-35-21-36(30-53)23-37(22-35)31-53/h1-17,24-25,32-37H,18-23,26-31H2. The van der Waals surface area contributed by atoms with Crippen molar-refractivity contribution < 1.29 is 0 Å². The molecule has 0 N–H and O–H groups in total. The molecule has 8 bridgehead atoms. The fourth-order valence-corrected chi connectivity index (χ4v) is 15.1. The summed E-state index contributed by atoms with van der Waals surface area (Å²) in [6.45, 7) is 0. The van der Waals surface area contributed by atoms with E-state index in [4.69, 9.17) is 15.0 Å². The van der Waals surface area contributed by atoms with Gasteiger partial charge in [0.15, 0.2) is 5.82 Å². The Morgan fingerprint density at radius 2 is 0.845 bits per heavy atom. The lowest BCUT2D eigenvalue weighted by atomic mass is 9.49. The molecule has 16 rings (SSSR count). The molecule has 0 aliphatic heterocycles. The molecule has 5 aromatic carbocycles. The van der Waals surface area contributed by atoms with E-state index in [2.05, 4.69) is 124 Å². The number of hydrogen-bond donors (Lipinski definition) is 0. The van der Waals surface area contributed by atoms with Crippen LogP contribution in [0.4, 0.5) is 0 Å². The van der Waals surface area contributed by atoms with Crippen molar-refractivity contribution in [3.63, 3.8) is 0 Å².